The van der Waals surface area contributed by atoms with Gasteiger partial charge in [0, 0.05) is 17.5 Å². The van der Waals surface area contributed by atoms with Gasteiger partial charge >= 0.3 is 5.69 Å². The van der Waals surface area contributed by atoms with Crippen LogP contribution in [0.25, 0.3) is 5.69 Å². The molecule has 0 N–H and O–H groups in total. The monoisotopic (exact) mass is 318 g/mol. The number of nitro benzene ring substituents is 1. The van der Waals surface area contributed by atoms with Crippen molar-refractivity contribution in [3.8, 4) is 5.69 Å². The van der Waals surface area contributed by atoms with Gasteiger partial charge in [-0.15, -0.1) is 5.10 Å². The lowest BCUT2D eigenvalue weighted by atomic mass is 10.2. The Balaban J connectivity index is 2.56. The van der Waals surface area contributed by atoms with Crippen molar-refractivity contribution in [1.29, 1.82) is 0 Å². The van der Waals surface area contributed by atoms with Crippen molar-refractivity contribution in [2.24, 2.45) is 0 Å². The lowest BCUT2D eigenvalue weighted by Gasteiger charge is -2.02. The van der Waals surface area contributed by atoms with Crippen molar-refractivity contribution < 1.29 is 13.7 Å². The van der Waals surface area contributed by atoms with E-state index < -0.39 is 22.2 Å². The first-order valence-corrected chi connectivity index (χ1v) is 5.76. The normalized spacial score (nSPS) is 10.6. The Morgan fingerprint density at radius 3 is 2.67 bits per heavy atom. The van der Waals surface area contributed by atoms with Crippen LogP contribution in [0.3, 0.4) is 0 Å². The van der Waals surface area contributed by atoms with Crippen molar-refractivity contribution >= 4 is 21.6 Å². The van der Waals surface area contributed by atoms with E-state index in [0.717, 1.165) is 10.7 Å². The topological polar surface area (TPSA) is 73.8 Å². The molecule has 0 unspecified atom stereocenters. The third kappa shape index (κ3) is 2.21. The number of benzene rings is 1. The molecule has 6 nitrogen and oxygen atoms in total. The van der Waals surface area contributed by atoms with E-state index in [4.69, 9.17) is 0 Å². The van der Waals surface area contributed by atoms with Crippen molar-refractivity contribution in [3.05, 3.63) is 45.8 Å². The summed E-state index contributed by atoms with van der Waals surface area (Å²) >= 11 is 3.13. The van der Waals surface area contributed by atoms with Crippen molar-refractivity contribution in [2.45, 2.75) is 5.33 Å². The van der Waals surface area contributed by atoms with Crippen molar-refractivity contribution in [1.82, 2.24) is 15.0 Å². The number of hydrogen-bond acceptors (Lipinski definition) is 4. The summed E-state index contributed by atoms with van der Waals surface area (Å²) in [5, 5.41) is 18.3. The lowest BCUT2D eigenvalue weighted by molar-refractivity contribution is -0.387. The highest BCUT2D eigenvalue weighted by Gasteiger charge is 2.20. The van der Waals surface area contributed by atoms with E-state index in [-0.39, 0.29) is 5.69 Å². The van der Waals surface area contributed by atoms with E-state index >= 15 is 0 Å². The molecule has 18 heavy (non-hydrogen) atoms. The first-order chi connectivity index (χ1) is 8.52. The van der Waals surface area contributed by atoms with Gasteiger partial charge in [0.1, 0.15) is 5.69 Å². The van der Waals surface area contributed by atoms with Gasteiger partial charge in [-0.05, 0) is 0 Å². The molecule has 0 amide bonds. The van der Waals surface area contributed by atoms with Crippen LogP contribution in [-0.4, -0.2) is 19.9 Å². The zero-order valence-electron chi connectivity index (χ0n) is 8.68. The highest BCUT2D eigenvalue weighted by Crippen LogP contribution is 2.23. The van der Waals surface area contributed by atoms with Crippen LogP contribution >= 0.6 is 15.9 Å². The van der Waals surface area contributed by atoms with Gasteiger partial charge in [-0.1, -0.05) is 21.1 Å². The minimum atomic E-state index is -1.23. The quantitative estimate of drug-likeness (QED) is 0.494. The van der Waals surface area contributed by atoms with E-state index in [9.17, 15) is 18.9 Å². The standard InChI is InChI=1S/C9H5BrF2N4O2/c10-3-5-4-15(14-13-5)8-2-9(16(17)18)7(12)1-6(8)11/h1-2,4H,3H2. The van der Waals surface area contributed by atoms with Crippen LogP contribution < -0.4 is 0 Å². The minimum Gasteiger partial charge on any atom is -0.258 e. The molecule has 94 valence electrons. The highest BCUT2D eigenvalue weighted by atomic mass is 79.9. The molecule has 0 spiro atoms. The maximum Gasteiger partial charge on any atom is 0.307 e. The maximum atomic E-state index is 13.5. The molecule has 0 saturated heterocycles. The van der Waals surface area contributed by atoms with Gasteiger partial charge in [0.15, 0.2) is 5.82 Å². The molecule has 0 saturated carbocycles. The fourth-order valence-electron chi connectivity index (χ4n) is 1.32. The predicted molar refractivity (Wildman–Crippen MR) is 60.6 cm³/mol. The molecule has 0 atom stereocenters. The molecule has 1 aromatic heterocycles. The summed E-state index contributed by atoms with van der Waals surface area (Å²) in [6.07, 6.45) is 1.38. The van der Waals surface area contributed by atoms with Gasteiger partial charge in [-0.2, -0.15) is 4.39 Å². The van der Waals surface area contributed by atoms with Gasteiger partial charge in [0.25, 0.3) is 0 Å². The van der Waals surface area contributed by atoms with E-state index in [1.54, 1.807) is 0 Å². The molecule has 2 aromatic rings. The second kappa shape index (κ2) is 4.77. The third-order valence-electron chi connectivity index (χ3n) is 2.14. The van der Waals surface area contributed by atoms with Crippen LogP contribution in [0.4, 0.5) is 14.5 Å². The van der Waals surface area contributed by atoms with Gasteiger partial charge in [0.2, 0.25) is 5.82 Å². The van der Waals surface area contributed by atoms with E-state index in [1.165, 1.54) is 6.20 Å². The largest absolute Gasteiger partial charge is 0.307 e. The fraction of sp³-hybridized carbons (Fsp3) is 0.111. The average Bonchev–Trinajstić information content (AvgIpc) is 2.77. The Hall–Kier alpha value is -1.90. The molecule has 0 bridgehead atoms. The number of alkyl halides is 1. The number of rotatable bonds is 3. The van der Waals surface area contributed by atoms with Gasteiger partial charge in [0.05, 0.1) is 16.8 Å². The lowest BCUT2D eigenvalue weighted by Crippen LogP contribution is -2.02. The SMILES string of the molecule is O=[N+]([O-])c1cc(-n2cc(CBr)nn2)c(F)cc1F. The molecule has 0 aliphatic carbocycles. The van der Waals surface area contributed by atoms with Gasteiger partial charge in [-0.3, -0.25) is 10.1 Å². The number of halogens is 3. The van der Waals surface area contributed by atoms with Crippen LogP contribution in [0.15, 0.2) is 18.3 Å². The van der Waals surface area contributed by atoms with Crippen LogP contribution in [0.1, 0.15) is 5.69 Å². The summed E-state index contributed by atoms with van der Waals surface area (Å²) in [5.74, 6) is -2.19. The molecule has 2 rings (SSSR count). The minimum absolute atomic E-state index is 0.234. The smallest absolute Gasteiger partial charge is 0.258 e. The predicted octanol–water partition coefficient (Wildman–Crippen LogP) is 2.35. The van der Waals surface area contributed by atoms with Gasteiger partial charge in [-0.25, -0.2) is 9.07 Å². The molecular weight excluding hydrogens is 314 g/mol. The molecule has 0 radical (unpaired) electrons. The summed E-state index contributed by atoms with van der Waals surface area (Å²) < 4.78 is 27.7. The molecule has 1 aromatic carbocycles. The molecule has 0 fully saturated rings. The summed E-state index contributed by atoms with van der Waals surface area (Å²) in [4.78, 5) is 9.64. The highest BCUT2D eigenvalue weighted by molar-refractivity contribution is 9.08. The van der Waals surface area contributed by atoms with Gasteiger partial charge < -0.3 is 0 Å². The van der Waals surface area contributed by atoms with E-state index in [1.807, 2.05) is 0 Å². The molecule has 9 heteroatoms. The van der Waals surface area contributed by atoms with Crippen molar-refractivity contribution in [2.75, 3.05) is 0 Å². The number of nitro groups is 1. The second-order valence-electron chi connectivity index (χ2n) is 3.30. The van der Waals surface area contributed by atoms with Crippen LogP contribution in [-0.2, 0) is 5.33 Å². The zero-order valence-corrected chi connectivity index (χ0v) is 10.3. The molecule has 0 aliphatic heterocycles. The van der Waals surface area contributed by atoms with Crippen LogP contribution in [0.2, 0.25) is 0 Å². The average molecular weight is 319 g/mol. The molecular formula is C9H5BrF2N4O2. The maximum absolute atomic E-state index is 13.5. The van der Waals surface area contributed by atoms with Crippen LogP contribution in [0.5, 0.6) is 0 Å². The summed E-state index contributed by atoms with van der Waals surface area (Å²) in [5.41, 5.74) is -0.536. The first kappa shape index (κ1) is 12.6. The number of aromatic nitrogens is 3. The fourth-order valence-corrected chi connectivity index (χ4v) is 1.58. The third-order valence-corrected chi connectivity index (χ3v) is 2.71. The molecule has 1 heterocycles. The first-order valence-electron chi connectivity index (χ1n) is 4.64. The number of nitrogens with zero attached hydrogens (tertiary/aromatic N) is 4. The van der Waals surface area contributed by atoms with E-state index in [0.29, 0.717) is 17.1 Å². The Bertz CT molecular complexity index is 617. The Labute approximate surface area is 108 Å². The summed E-state index contributed by atoms with van der Waals surface area (Å²) in [6, 6.07) is 1.22. The Morgan fingerprint density at radius 1 is 1.39 bits per heavy atom. The Morgan fingerprint density at radius 2 is 2.11 bits per heavy atom. The second-order valence-corrected chi connectivity index (χ2v) is 3.86. The van der Waals surface area contributed by atoms with Crippen molar-refractivity contribution in [3.63, 3.8) is 0 Å². The van der Waals surface area contributed by atoms with E-state index in [2.05, 4.69) is 26.2 Å². The Kier molecular flexibility index (Phi) is 3.32. The summed E-state index contributed by atoms with van der Waals surface area (Å²) in [7, 11) is 0. The molecule has 0 aliphatic rings. The van der Waals surface area contributed by atoms with Crippen LogP contribution in [0, 0.1) is 21.7 Å². The zero-order chi connectivity index (χ0) is 13.3. The number of hydrogen-bond donors (Lipinski definition) is 0. The summed E-state index contributed by atoms with van der Waals surface area (Å²) in [6.45, 7) is 0.